The number of nitrogens with one attached hydrogen (secondary N) is 3. The lowest BCUT2D eigenvalue weighted by molar-refractivity contribution is -0.120. The molecule has 0 heterocycles. The van der Waals surface area contributed by atoms with Crippen molar-refractivity contribution < 1.29 is 9.59 Å². The standard InChI is InChI=1S/C21H26N4O2.ClH/c1-14-10-11-18(24-21(27)23-17-8-3-2-4-9-17)13-19(14)25-20(26)15-6-5-7-16(22)12-15;/h2-4,8-11,13,15-16H,5-7,12,22H2,1H3,(H,25,26)(H2,23,24,27);1H. The molecule has 2 aromatic carbocycles. The van der Waals surface area contributed by atoms with Crippen LogP contribution in [0, 0.1) is 12.8 Å². The number of carbonyl (C=O) groups excluding carboxylic acids is 2. The van der Waals surface area contributed by atoms with Crippen molar-refractivity contribution in [2.75, 3.05) is 16.0 Å². The second kappa shape index (κ2) is 10.1. The molecule has 2 unspecified atom stereocenters. The molecule has 0 spiro atoms. The molecule has 3 rings (SSSR count). The van der Waals surface area contributed by atoms with E-state index in [-0.39, 0.29) is 36.3 Å². The van der Waals surface area contributed by atoms with E-state index in [0.29, 0.717) is 17.1 Å². The van der Waals surface area contributed by atoms with Gasteiger partial charge in [0.2, 0.25) is 5.91 Å². The van der Waals surface area contributed by atoms with Gasteiger partial charge in [0.1, 0.15) is 0 Å². The number of aryl methyl sites for hydroxylation is 1. The predicted molar refractivity (Wildman–Crippen MR) is 116 cm³/mol. The van der Waals surface area contributed by atoms with Gasteiger partial charge in [0.15, 0.2) is 0 Å². The molecule has 1 aliphatic rings. The molecule has 5 N–H and O–H groups in total. The first-order chi connectivity index (χ1) is 13.0. The maximum atomic E-state index is 12.6. The summed E-state index contributed by atoms with van der Waals surface area (Å²) in [6, 6.07) is 14.5. The summed E-state index contributed by atoms with van der Waals surface area (Å²) >= 11 is 0. The molecule has 2 aromatic rings. The van der Waals surface area contributed by atoms with Crippen LogP contribution in [0.4, 0.5) is 21.9 Å². The van der Waals surface area contributed by atoms with E-state index in [1.165, 1.54) is 0 Å². The molecule has 7 heteroatoms. The number of urea groups is 1. The van der Waals surface area contributed by atoms with Crippen molar-refractivity contribution in [3.05, 3.63) is 54.1 Å². The average Bonchev–Trinajstić information content (AvgIpc) is 2.65. The van der Waals surface area contributed by atoms with Crippen LogP contribution < -0.4 is 21.7 Å². The quantitative estimate of drug-likeness (QED) is 0.605. The van der Waals surface area contributed by atoms with Crippen molar-refractivity contribution in [3.63, 3.8) is 0 Å². The SMILES string of the molecule is Cc1ccc(NC(=O)Nc2ccccc2)cc1NC(=O)C1CCCC(N)C1.Cl. The number of benzene rings is 2. The molecule has 0 saturated heterocycles. The maximum absolute atomic E-state index is 12.6. The van der Waals surface area contributed by atoms with Crippen LogP contribution in [0.2, 0.25) is 0 Å². The Morgan fingerprint density at radius 1 is 0.964 bits per heavy atom. The molecule has 28 heavy (non-hydrogen) atoms. The van der Waals surface area contributed by atoms with Gasteiger partial charge >= 0.3 is 6.03 Å². The lowest BCUT2D eigenvalue weighted by atomic mass is 9.85. The van der Waals surface area contributed by atoms with Crippen LogP contribution in [-0.2, 0) is 4.79 Å². The van der Waals surface area contributed by atoms with Crippen LogP contribution in [0.1, 0.15) is 31.2 Å². The van der Waals surface area contributed by atoms with Gasteiger partial charge in [-0.1, -0.05) is 30.7 Å². The van der Waals surface area contributed by atoms with Crippen LogP contribution in [-0.4, -0.2) is 18.0 Å². The molecule has 1 fully saturated rings. The highest BCUT2D eigenvalue weighted by Crippen LogP contribution is 2.26. The van der Waals surface area contributed by atoms with Gasteiger partial charge in [0.25, 0.3) is 0 Å². The largest absolute Gasteiger partial charge is 0.328 e. The van der Waals surface area contributed by atoms with Crippen molar-refractivity contribution >= 4 is 41.4 Å². The molecule has 1 saturated carbocycles. The predicted octanol–water partition coefficient (Wildman–Crippen LogP) is 4.52. The molecule has 0 aromatic heterocycles. The number of anilines is 3. The minimum Gasteiger partial charge on any atom is -0.328 e. The first kappa shape index (κ1) is 21.7. The Balaban J connectivity index is 0.00000280. The fraction of sp³-hybridized carbons (Fsp3) is 0.333. The Morgan fingerprint density at radius 2 is 1.68 bits per heavy atom. The number of nitrogens with two attached hydrogens (primary N) is 1. The highest BCUT2D eigenvalue weighted by molar-refractivity contribution is 6.00. The monoisotopic (exact) mass is 402 g/mol. The molecular formula is C21H27ClN4O2. The Kier molecular flexibility index (Phi) is 7.84. The van der Waals surface area contributed by atoms with Gasteiger partial charge < -0.3 is 21.7 Å². The van der Waals surface area contributed by atoms with E-state index < -0.39 is 0 Å². The Labute approximate surface area is 171 Å². The minimum atomic E-state index is -0.333. The van der Waals surface area contributed by atoms with Gasteiger partial charge in [0.05, 0.1) is 0 Å². The van der Waals surface area contributed by atoms with E-state index in [0.717, 1.165) is 31.2 Å². The number of hydrogen-bond acceptors (Lipinski definition) is 3. The van der Waals surface area contributed by atoms with Crippen LogP contribution >= 0.6 is 12.4 Å². The summed E-state index contributed by atoms with van der Waals surface area (Å²) in [5.74, 6) is -0.0507. The molecule has 2 atom stereocenters. The molecule has 0 radical (unpaired) electrons. The van der Waals surface area contributed by atoms with Crippen molar-refractivity contribution in [2.45, 2.75) is 38.6 Å². The maximum Gasteiger partial charge on any atom is 0.323 e. The van der Waals surface area contributed by atoms with Gasteiger partial charge in [-0.3, -0.25) is 4.79 Å². The minimum absolute atomic E-state index is 0. The summed E-state index contributed by atoms with van der Waals surface area (Å²) in [5.41, 5.74) is 8.97. The Bertz CT molecular complexity index is 813. The van der Waals surface area contributed by atoms with E-state index in [9.17, 15) is 9.59 Å². The topological polar surface area (TPSA) is 96.2 Å². The summed E-state index contributed by atoms with van der Waals surface area (Å²) in [5, 5.41) is 8.56. The summed E-state index contributed by atoms with van der Waals surface area (Å²) in [4.78, 5) is 24.7. The van der Waals surface area contributed by atoms with Crippen LogP contribution in [0.15, 0.2) is 48.5 Å². The van der Waals surface area contributed by atoms with Crippen LogP contribution in [0.5, 0.6) is 0 Å². The van der Waals surface area contributed by atoms with E-state index in [1.807, 2.05) is 49.4 Å². The van der Waals surface area contributed by atoms with Crippen molar-refractivity contribution in [1.29, 1.82) is 0 Å². The first-order valence-corrected chi connectivity index (χ1v) is 9.31. The third kappa shape index (κ3) is 5.97. The summed E-state index contributed by atoms with van der Waals surface area (Å²) in [6.07, 6.45) is 3.57. The second-order valence-electron chi connectivity index (χ2n) is 7.09. The number of hydrogen-bond donors (Lipinski definition) is 4. The van der Waals surface area contributed by atoms with Crippen molar-refractivity contribution in [2.24, 2.45) is 11.7 Å². The Hall–Kier alpha value is -2.57. The number of carbonyl (C=O) groups is 2. The zero-order chi connectivity index (χ0) is 19.2. The molecular weight excluding hydrogens is 376 g/mol. The zero-order valence-electron chi connectivity index (χ0n) is 15.9. The van der Waals surface area contributed by atoms with Crippen LogP contribution in [0.3, 0.4) is 0 Å². The average molecular weight is 403 g/mol. The molecule has 0 aliphatic heterocycles. The van der Waals surface area contributed by atoms with E-state index in [2.05, 4.69) is 16.0 Å². The summed E-state index contributed by atoms with van der Waals surface area (Å²) in [7, 11) is 0. The van der Waals surface area contributed by atoms with Gasteiger partial charge in [-0.2, -0.15) is 0 Å². The lowest BCUT2D eigenvalue weighted by Gasteiger charge is -2.26. The fourth-order valence-electron chi connectivity index (χ4n) is 3.35. The van der Waals surface area contributed by atoms with Crippen molar-refractivity contribution in [1.82, 2.24) is 0 Å². The second-order valence-corrected chi connectivity index (χ2v) is 7.09. The Morgan fingerprint density at radius 3 is 2.39 bits per heavy atom. The van der Waals surface area contributed by atoms with Crippen molar-refractivity contribution in [3.8, 4) is 0 Å². The highest BCUT2D eigenvalue weighted by atomic mass is 35.5. The normalized spacial score (nSPS) is 18.5. The lowest BCUT2D eigenvalue weighted by Crippen LogP contribution is -2.34. The molecule has 1 aliphatic carbocycles. The number of rotatable bonds is 4. The van der Waals surface area contributed by atoms with Crippen LogP contribution in [0.25, 0.3) is 0 Å². The molecule has 0 bridgehead atoms. The number of amides is 3. The van der Waals surface area contributed by atoms with E-state index in [4.69, 9.17) is 5.73 Å². The summed E-state index contributed by atoms with van der Waals surface area (Å²) in [6.45, 7) is 1.93. The summed E-state index contributed by atoms with van der Waals surface area (Å²) < 4.78 is 0. The zero-order valence-corrected chi connectivity index (χ0v) is 16.7. The number of para-hydroxylation sites is 1. The molecule has 6 nitrogen and oxygen atoms in total. The smallest absolute Gasteiger partial charge is 0.323 e. The third-order valence-electron chi connectivity index (χ3n) is 4.87. The van der Waals surface area contributed by atoms with E-state index >= 15 is 0 Å². The van der Waals surface area contributed by atoms with E-state index in [1.54, 1.807) is 6.07 Å². The third-order valence-corrected chi connectivity index (χ3v) is 4.87. The van der Waals surface area contributed by atoms with Gasteiger partial charge in [-0.25, -0.2) is 4.79 Å². The first-order valence-electron chi connectivity index (χ1n) is 9.31. The van der Waals surface area contributed by atoms with Gasteiger partial charge in [0, 0.05) is 29.0 Å². The van der Waals surface area contributed by atoms with Gasteiger partial charge in [-0.15, -0.1) is 12.4 Å². The molecule has 150 valence electrons. The number of halogens is 1. The van der Waals surface area contributed by atoms with Gasteiger partial charge in [-0.05, 0) is 56.0 Å². The highest BCUT2D eigenvalue weighted by Gasteiger charge is 2.25. The molecule has 3 amide bonds. The fourth-order valence-corrected chi connectivity index (χ4v) is 3.35.